The summed E-state index contributed by atoms with van der Waals surface area (Å²) < 4.78 is 43.4. The highest BCUT2D eigenvalue weighted by Crippen LogP contribution is 2.29. The molecule has 0 unspecified atom stereocenters. The van der Waals surface area contributed by atoms with Crippen LogP contribution in [0.2, 0.25) is 0 Å². The molecule has 0 aliphatic carbocycles. The van der Waals surface area contributed by atoms with Crippen LogP contribution in [0.5, 0.6) is 5.75 Å². The molecule has 2 aromatic carbocycles. The van der Waals surface area contributed by atoms with Gasteiger partial charge in [0.25, 0.3) is 0 Å². The fourth-order valence-electron chi connectivity index (χ4n) is 2.88. The second-order valence-electron chi connectivity index (χ2n) is 6.99. The van der Waals surface area contributed by atoms with Crippen molar-refractivity contribution in [1.29, 1.82) is 0 Å². The molecule has 0 saturated heterocycles. The van der Waals surface area contributed by atoms with E-state index in [2.05, 4.69) is 12.2 Å². The lowest BCUT2D eigenvalue weighted by Gasteiger charge is -2.09. The van der Waals surface area contributed by atoms with Gasteiger partial charge >= 0.3 is 6.18 Å². The molecule has 0 heterocycles. The smallest absolute Gasteiger partial charge is 0.416 e. The van der Waals surface area contributed by atoms with E-state index in [1.54, 1.807) is 0 Å². The summed E-state index contributed by atoms with van der Waals surface area (Å²) in [5.74, 6) is 0.861. The summed E-state index contributed by atoms with van der Waals surface area (Å²) >= 11 is 0. The number of alkyl halides is 3. The van der Waals surface area contributed by atoms with Crippen LogP contribution in [-0.4, -0.2) is 6.61 Å². The minimum Gasteiger partial charge on any atom is -0.494 e. The first-order valence-electron chi connectivity index (χ1n) is 10.00. The largest absolute Gasteiger partial charge is 0.494 e. The monoisotopic (exact) mass is 392 g/mol. The van der Waals surface area contributed by atoms with Crippen molar-refractivity contribution in [2.24, 2.45) is 0 Å². The molecule has 0 aromatic heterocycles. The van der Waals surface area contributed by atoms with Crippen molar-refractivity contribution >= 4 is 0 Å². The van der Waals surface area contributed by atoms with Gasteiger partial charge in [-0.1, -0.05) is 63.3 Å². The molecule has 2 rings (SSSR count). The van der Waals surface area contributed by atoms with Gasteiger partial charge < -0.3 is 4.74 Å². The standard InChI is InChI=1S/C23H29F3NO/c1-2-3-4-5-6-7-16-28-22-14-10-20(11-15-22)18-27-17-19-8-12-21(13-9-19)23(24,25)26/h8-15H,2-7,16-18H2,1H3. The summed E-state index contributed by atoms with van der Waals surface area (Å²) in [4.78, 5) is 0. The Hall–Kier alpha value is -2.01. The molecular formula is C23H29F3NO. The van der Waals surface area contributed by atoms with E-state index >= 15 is 0 Å². The number of nitrogens with zero attached hydrogens (tertiary/aromatic N) is 1. The van der Waals surface area contributed by atoms with E-state index in [0.29, 0.717) is 13.1 Å². The lowest BCUT2D eigenvalue weighted by Crippen LogP contribution is -2.07. The van der Waals surface area contributed by atoms with Crippen LogP contribution in [0, 0.1) is 0 Å². The van der Waals surface area contributed by atoms with Crippen LogP contribution >= 0.6 is 0 Å². The fraction of sp³-hybridized carbons (Fsp3) is 0.478. The third-order valence-corrected chi connectivity index (χ3v) is 4.56. The zero-order valence-electron chi connectivity index (χ0n) is 16.5. The van der Waals surface area contributed by atoms with Crippen LogP contribution in [0.25, 0.3) is 0 Å². The predicted octanol–water partition coefficient (Wildman–Crippen LogP) is 6.75. The van der Waals surface area contributed by atoms with Gasteiger partial charge in [-0.15, -0.1) is 0 Å². The number of hydrogen-bond acceptors (Lipinski definition) is 1. The lowest BCUT2D eigenvalue weighted by atomic mass is 10.1. The highest BCUT2D eigenvalue weighted by molar-refractivity contribution is 5.27. The number of benzene rings is 2. The van der Waals surface area contributed by atoms with Crippen molar-refractivity contribution in [3.8, 4) is 5.75 Å². The Morgan fingerprint density at radius 3 is 1.86 bits per heavy atom. The van der Waals surface area contributed by atoms with Gasteiger partial charge in [-0.2, -0.15) is 13.2 Å². The first-order valence-corrected chi connectivity index (χ1v) is 10.00. The van der Waals surface area contributed by atoms with Crippen LogP contribution in [-0.2, 0) is 19.3 Å². The van der Waals surface area contributed by atoms with E-state index in [0.717, 1.165) is 42.0 Å². The number of hydrogen-bond donors (Lipinski definition) is 0. The number of unbranched alkanes of at least 4 members (excludes halogenated alkanes) is 5. The Labute approximate surface area is 166 Å². The van der Waals surface area contributed by atoms with Gasteiger partial charge in [0.15, 0.2) is 0 Å². The Balaban J connectivity index is 1.64. The molecule has 1 radical (unpaired) electrons. The Kier molecular flexibility index (Phi) is 9.35. The summed E-state index contributed by atoms with van der Waals surface area (Å²) in [6.07, 6.45) is 3.15. The number of ether oxygens (including phenoxy) is 1. The van der Waals surface area contributed by atoms with Crippen molar-refractivity contribution in [1.82, 2.24) is 5.32 Å². The van der Waals surface area contributed by atoms with Crippen molar-refractivity contribution < 1.29 is 17.9 Å². The second kappa shape index (κ2) is 11.7. The van der Waals surface area contributed by atoms with Gasteiger partial charge in [0.1, 0.15) is 5.75 Å². The van der Waals surface area contributed by atoms with Crippen LogP contribution in [0.15, 0.2) is 48.5 Å². The summed E-state index contributed by atoms with van der Waals surface area (Å²) in [6.45, 7) is 3.88. The first kappa shape index (κ1) is 22.3. The fourth-order valence-corrected chi connectivity index (χ4v) is 2.88. The van der Waals surface area contributed by atoms with Crippen LogP contribution < -0.4 is 10.1 Å². The maximum atomic E-state index is 12.6. The molecule has 0 saturated carbocycles. The quantitative estimate of drug-likeness (QED) is 0.367. The molecule has 0 bridgehead atoms. The van der Waals surface area contributed by atoms with Crippen molar-refractivity contribution in [3.63, 3.8) is 0 Å². The molecule has 0 spiro atoms. The van der Waals surface area contributed by atoms with Crippen LogP contribution in [0.3, 0.4) is 0 Å². The molecule has 0 amide bonds. The third kappa shape index (κ3) is 8.34. The van der Waals surface area contributed by atoms with E-state index in [4.69, 9.17) is 4.74 Å². The normalized spacial score (nSPS) is 11.6. The van der Waals surface area contributed by atoms with E-state index in [1.807, 2.05) is 24.3 Å². The molecule has 28 heavy (non-hydrogen) atoms. The third-order valence-electron chi connectivity index (χ3n) is 4.56. The summed E-state index contributed by atoms with van der Waals surface area (Å²) in [5.41, 5.74) is 1.19. The van der Waals surface area contributed by atoms with E-state index < -0.39 is 11.7 Å². The van der Waals surface area contributed by atoms with Gasteiger partial charge in [-0.3, -0.25) is 0 Å². The van der Waals surface area contributed by atoms with Crippen molar-refractivity contribution in [3.05, 3.63) is 65.2 Å². The summed E-state index contributed by atoms with van der Waals surface area (Å²) in [6, 6.07) is 13.0. The molecule has 5 heteroatoms. The minimum atomic E-state index is -4.30. The molecule has 0 aliphatic rings. The lowest BCUT2D eigenvalue weighted by molar-refractivity contribution is -0.137. The SMILES string of the molecule is CCCCCCCCOc1ccc(C[N]Cc2ccc(C(F)(F)F)cc2)cc1. The van der Waals surface area contributed by atoms with Gasteiger partial charge in [0.2, 0.25) is 0 Å². The highest BCUT2D eigenvalue weighted by atomic mass is 19.4. The molecular weight excluding hydrogens is 363 g/mol. The van der Waals surface area contributed by atoms with E-state index in [9.17, 15) is 13.2 Å². The summed E-state index contributed by atoms with van der Waals surface area (Å²) in [5, 5.41) is 4.42. The molecule has 0 aliphatic heterocycles. The maximum Gasteiger partial charge on any atom is 0.416 e. The van der Waals surface area contributed by atoms with Gasteiger partial charge in [-0.05, 0) is 41.8 Å². The minimum absolute atomic E-state index is 0.397. The van der Waals surface area contributed by atoms with Crippen molar-refractivity contribution in [2.45, 2.75) is 64.7 Å². The predicted molar refractivity (Wildman–Crippen MR) is 106 cm³/mol. The van der Waals surface area contributed by atoms with Crippen LogP contribution in [0.4, 0.5) is 13.2 Å². The highest BCUT2D eigenvalue weighted by Gasteiger charge is 2.29. The Morgan fingerprint density at radius 1 is 0.750 bits per heavy atom. The maximum absolute atomic E-state index is 12.6. The molecule has 2 nitrogen and oxygen atoms in total. The zero-order valence-corrected chi connectivity index (χ0v) is 16.5. The van der Waals surface area contributed by atoms with Gasteiger partial charge in [0, 0.05) is 13.1 Å². The first-order chi connectivity index (χ1) is 13.5. The average molecular weight is 392 g/mol. The van der Waals surface area contributed by atoms with Crippen LogP contribution in [0.1, 0.15) is 62.1 Å². The van der Waals surface area contributed by atoms with Gasteiger partial charge in [-0.25, -0.2) is 5.32 Å². The number of rotatable bonds is 12. The molecule has 2 aromatic rings. The topological polar surface area (TPSA) is 23.3 Å². The van der Waals surface area contributed by atoms with E-state index in [-0.39, 0.29) is 0 Å². The molecule has 0 N–H and O–H groups in total. The summed E-state index contributed by atoms with van der Waals surface area (Å²) in [7, 11) is 0. The van der Waals surface area contributed by atoms with Crippen molar-refractivity contribution in [2.75, 3.05) is 6.61 Å². The Bertz CT molecular complexity index is 666. The molecule has 153 valence electrons. The molecule has 0 atom stereocenters. The number of halogens is 3. The van der Waals surface area contributed by atoms with E-state index in [1.165, 1.54) is 44.2 Å². The average Bonchev–Trinajstić information content (AvgIpc) is 2.68. The second-order valence-corrected chi connectivity index (χ2v) is 6.99. The Morgan fingerprint density at radius 2 is 1.29 bits per heavy atom. The molecule has 0 fully saturated rings. The zero-order chi connectivity index (χ0) is 20.2. The van der Waals surface area contributed by atoms with Gasteiger partial charge in [0.05, 0.1) is 12.2 Å².